The number of ketones is 1. The Morgan fingerprint density at radius 1 is 0.974 bits per heavy atom. The van der Waals surface area contributed by atoms with Gasteiger partial charge in [-0.15, -0.1) is 0 Å². The lowest BCUT2D eigenvalue weighted by molar-refractivity contribution is -0.140. The molecule has 1 unspecified atom stereocenters. The molecule has 0 aliphatic carbocycles. The largest absolute Gasteiger partial charge is 0.507 e. The van der Waals surface area contributed by atoms with Crippen molar-refractivity contribution in [2.75, 3.05) is 20.3 Å². The van der Waals surface area contributed by atoms with Gasteiger partial charge >= 0.3 is 0 Å². The fourth-order valence-corrected chi connectivity index (χ4v) is 4.72. The van der Waals surface area contributed by atoms with E-state index in [2.05, 4.69) is 13.8 Å². The predicted octanol–water partition coefficient (Wildman–Crippen LogP) is 6.06. The van der Waals surface area contributed by atoms with Gasteiger partial charge in [0.15, 0.2) is 0 Å². The van der Waals surface area contributed by atoms with Gasteiger partial charge in [-0.1, -0.05) is 44.2 Å². The molecule has 1 N–H and O–H groups in total. The van der Waals surface area contributed by atoms with Crippen molar-refractivity contribution in [2.24, 2.45) is 5.92 Å². The summed E-state index contributed by atoms with van der Waals surface area (Å²) < 4.78 is 17.1. The highest BCUT2D eigenvalue weighted by Gasteiger charge is 2.46. The minimum Gasteiger partial charge on any atom is -0.507 e. The molecule has 0 radical (unpaired) electrons. The summed E-state index contributed by atoms with van der Waals surface area (Å²) in [5.41, 5.74) is 2.68. The summed E-state index contributed by atoms with van der Waals surface area (Å²) in [4.78, 5) is 28.4. The van der Waals surface area contributed by atoms with Crippen LogP contribution in [-0.4, -0.2) is 42.0 Å². The number of amides is 1. The van der Waals surface area contributed by atoms with Gasteiger partial charge in [-0.2, -0.15) is 0 Å². The first-order valence-electron chi connectivity index (χ1n) is 13.1. The van der Waals surface area contributed by atoms with E-state index in [1.807, 2.05) is 56.3 Å². The van der Waals surface area contributed by atoms with E-state index in [0.29, 0.717) is 47.5 Å². The number of aliphatic hydroxyl groups excluding tert-OH is 1. The van der Waals surface area contributed by atoms with Crippen molar-refractivity contribution in [3.8, 4) is 17.2 Å². The highest BCUT2D eigenvalue weighted by atomic mass is 16.5. The van der Waals surface area contributed by atoms with Crippen molar-refractivity contribution in [1.82, 2.24) is 4.90 Å². The molecule has 7 heteroatoms. The van der Waals surface area contributed by atoms with Crippen LogP contribution in [0.1, 0.15) is 49.1 Å². The molecular formula is C32H35NO6. The number of hydrogen-bond acceptors (Lipinski definition) is 6. The second kappa shape index (κ2) is 12.1. The zero-order chi connectivity index (χ0) is 28.1. The SMILES string of the molecule is CCOc1cccc(C2/C(=C(\O)c3ccc(OCC(C)C)c(C)c3)C(=O)C(=O)N2Cc2ccccc2OC)c1. The quantitative estimate of drug-likeness (QED) is 0.195. The van der Waals surface area contributed by atoms with Crippen LogP contribution < -0.4 is 14.2 Å². The third kappa shape index (κ3) is 5.93. The van der Waals surface area contributed by atoms with Gasteiger partial charge in [0.25, 0.3) is 11.7 Å². The molecule has 1 aliphatic heterocycles. The van der Waals surface area contributed by atoms with Gasteiger partial charge in [0.2, 0.25) is 0 Å². The van der Waals surface area contributed by atoms with E-state index >= 15 is 0 Å². The minimum atomic E-state index is -0.826. The molecule has 0 aromatic heterocycles. The predicted molar refractivity (Wildman–Crippen MR) is 150 cm³/mol. The van der Waals surface area contributed by atoms with Gasteiger partial charge in [-0.05, 0) is 67.3 Å². The number of benzene rings is 3. The summed E-state index contributed by atoms with van der Waals surface area (Å²) in [6, 6.07) is 19.1. The van der Waals surface area contributed by atoms with E-state index in [0.717, 1.165) is 11.1 Å². The van der Waals surface area contributed by atoms with E-state index < -0.39 is 17.7 Å². The summed E-state index contributed by atoms with van der Waals surface area (Å²) in [6.45, 7) is 9.06. The number of carbonyl (C=O) groups is 2. The maximum Gasteiger partial charge on any atom is 0.295 e. The second-order valence-corrected chi connectivity index (χ2v) is 9.93. The fraction of sp³-hybridized carbons (Fsp3) is 0.312. The summed E-state index contributed by atoms with van der Waals surface area (Å²) in [7, 11) is 1.56. The van der Waals surface area contributed by atoms with Crippen molar-refractivity contribution in [1.29, 1.82) is 0 Å². The van der Waals surface area contributed by atoms with Crippen LogP contribution in [0.3, 0.4) is 0 Å². The molecule has 1 fully saturated rings. The van der Waals surface area contributed by atoms with Crippen LogP contribution in [0.2, 0.25) is 0 Å². The first kappa shape index (κ1) is 27.8. The van der Waals surface area contributed by atoms with E-state index in [-0.39, 0.29) is 17.9 Å². The third-order valence-corrected chi connectivity index (χ3v) is 6.58. The van der Waals surface area contributed by atoms with Gasteiger partial charge in [-0.3, -0.25) is 9.59 Å². The van der Waals surface area contributed by atoms with Gasteiger partial charge in [0.05, 0.1) is 38.5 Å². The third-order valence-electron chi connectivity index (χ3n) is 6.58. The lowest BCUT2D eigenvalue weighted by Crippen LogP contribution is -2.29. The van der Waals surface area contributed by atoms with E-state index in [9.17, 15) is 14.7 Å². The summed E-state index contributed by atoms with van der Waals surface area (Å²) in [5.74, 6) is 0.618. The van der Waals surface area contributed by atoms with Crippen LogP contribution >= 0.6 is 0 Å². The van der Waals surface area contributed by atoms with Crippen LogP contribution in [0.4, 0.5) is 0 Å². The van der Waals surface area contributed by atoms with Crippen LogP contribution in [0.15, 0.2) is 72.3 Å². The van der Waals surface area contributed by atoms with Crippen LogP contribution in [-0.2, 0) is 16.1 Å². The average molecular weight is 530 g/mol. The number of para-hydroxylation sites is 1. The molecule has 1 aliphatic rings. The second-order valence-electron chi connectivity index (χ2n) is 9.93. The maximum atomic E-state index is 13.5. The highest BCUT2D eigenvalue weighted by molar-refractivity contribution is 6.46. The zero-order valence-electron chi connectivity index (χ0n) is 23.1. The van der Waals surface area contributed by atoms with E-state index in [1.54, 1.807) is 31.4 Å². The zero-order valence-corrected chi connectivity index (χ0v) is 23.1. The van der Waals surface area contributed by atoms with Gasteiger partial charge in [-0.25, -0.2) is 0 Å². The van der Waals surface area contributed by atoms with Crippen molar-refractivity contribution in [3.05, 3.63) is 94.6 Å². The topological polar surface area (TPSA) is 85.3 Å². The normalized spacial score (nSPS) is 16.6. The number of nitrogens with zero attached hydrogens (tertiary/aromatic N) is 1. The molecule has 1 amide bonds. The summed E-state index contributed by atoms with van der Waals surface area (Å²) in [5, 5.41) is 11.5. The number of hydrogen-bond donors (Lipinski definition) is 1. The Labute approximate surface area is 229 Å². The first-order valence-corrected chi connectivity index (χ1v) is 13.1. The van der Waals surface area contributed by atoms with Gasteiger partial charge in [0, 0.05) is 11.1 Å². The Morgan fingerprint density at radius 3 is 2.44 bits per heavy atom. The molecule has 0 saturated carbocycles. The number of ether oxygens (including phenoxy) is 3. The number of carbonyl (C=O) groups excluding carboxylic acids is 2. The lowest BCUT2D eigenvalue weighted by Gasteiger charge is -2.26. The first-order chi connectivity index (χ1) is 18.7. The Morgan fingerprint density at radius 2 is 1.74 bits per heavy atom. The molecule has 1 saturated heterocycles. The lowest BCUT2D eigenvalue weighted by atomic mass is 9.94. The Balaban J connectivity index is 1.83. The van der Waals surface area contributed by atoms with Crippen LogP contribution in [0, 0.1) is 12.8 Å². The molecule has 39 heavy (non-hydrogen) atoms. The van der Waals surface area contributed by atoms with Crippen LogP contribution in [0.5, 0.6) is 17.2 Å². The smallest absolute Gasteiger partial charge is 0.295 e. The van der Waals surface area contributed by atoms with Crippen molar-refractivity contribution in [2.45, 2.75) is 40.3 Å². The Bertz CT molecular complexity index is 1390. The number of aryl methyl sites for hydroxylation is 1. The van der Waals surface area contributed by atoms with E-state index in [1.165, 1.54) is 4.90 Å². The number of methoxy groups -OCH3 is 1. The molecule has 1 heterocycles. The maximum absolute atomic E-state index is 13.5. The van der Waals surface area contributed by atoms with Crippen molar-refractivity contribution < 1.29 is 28.9 Å². The molecular weight excluding hydrogens is 494 g/mol. The summed E-state index contributed by atoms with van der Waals surface area (Å²) >= 11 is 0. The number of Topliss-reactive ketones (excluding diaryl/α,β-unsaturated/α-hetero) is 1. The van der Waals surface area contributed by atoms with Gasteiger partial charge in [0.1, 0.15) is 23.0 Å². The average Bonchev–Trinajstić information content (AvgIpc) is 3.17. The molecule has 0 spiro atoms. The molecule has 3 aromatic carbocycles. The Hall–Kier alpha value is -4.26. The van der Waals surface area contributed by atoms with Crippen molar-refractivity contribution >= 4 is 17.4 Å². The molecule has 3 aromatic rings. The minimum absolute atomic E-state index is 0.0267. The fourth-order valence-electron chi connectivity index (χ4n) is 4.72. The summed E-state index contributed by atoms with van der Waals surface area (Å²) in [6.07, 6.45) is 0. The molecule has 0 bridgehead atoms. The van der Waals surface area contributed by atoms with Crippen molar-refractivity contribution in [3.63, 3.8) is 0 Å². The van der Waals surface area contributed by atoms with E-state index in [4.69, 9.17) is 14.2 Å². The number of likely N-dealkylation sites (tertiary alicyclic amines) is 1. The molecule has 1 atom stereocenters. The molecule has 204 valence electrons. The number of aliphatic hydroxyl groups is 1. The highest BCUT2D eigenvalue weighted by Crippen LogP contribution is 2.42. The van der Waals surface area contributed by atoms with Crippen LogP contribution in [0.25, 0.3) is 5.76 Å². The van der Waals surface area contributed by atoms with Gasteiger partial charge < -0.3 is 24.2 Å². The molecule has 4 rings (SSSR count). The monoisotopic (exact) mass is 529 g/mol. The number of rotatable bonds is 10. The Kier molecular flexibility index (Phi) is 8.59. The standard InChI is InChI=1S/C32H35NO6/c1-6-38-25-12-9-11-22(17-25)29-28(30(34)23-14-15-26(21(4)16-23)39-19-20(2)3)31(35)32(36)33(29)18-24-10-7-8-13-27(24)37-5/h7-17,20,29,34H,6,18-19H2,1-5H3/b30-28+. The molecule has 7 nitrogen and oxygen atoms in total.